The largest absolute Gasteiger partial charge is 0.497 e. The Bertz CT molecular complexity index is 931. The minimum atomic E-state index is -3.80. The minimum Gasteiger partial charge on any atom is -0.497 e. The fourth-order valence-corrected chi connectivity index (χ4v) is 4.34. The van der Waals surface area contributed by atoms with Gasteiger partial charge in [-0.25, -0.2) is 13.1 Å². The molecule has 0 spiro atoms. The fourth-order valence-electron chi connectivity index (χ4n) is 3.14. The third-order valence-corrected chi connectivity index (χ3v) is 6.24. The van der Waals surface area contributed by atoms with Crippen LogP contribution in [0.1, 0.15) is 17.2 Å². The molecule has 8 heteroatoms. The molecule has 3 rings (SSSR count). The van der Waals surface area contributed by atoms with Crippen molar-refractivity contribution >= 4 is 15.9 Å². The number of sulfonamides is 1. The second-order valence-corrected chi connectivity index (χ2v) is 8.30. The number of aryl methyl sites for hydroxylation is 1. The van der Waals surface area contributed by atoms with Gasteiger partial charge in [0.15, 0.2) is 0 Å². The number of hydrogen-bond donors (Lipinski definition) is 1. The number of benzene rings is 2. The SMILES string of the molecule is COc1ccc(S(=O)(=O)NCC(=O)N2CCO[C@@H](c3ccccc3)C2)c(C)c1. The number of ether oxygens (including phenoxy) is 2. The van der Waals surface area contributed by atoms with E-state index in [0.717, 1.165) is 5.56 Å². The van der Waals surface area contributed by atoms with E-state index in [9.17, 15) is 13.2 Å². The van der Waals surface area contributed by atoms with E-state index < -0.39 is 10.0 Å². The molecule has 2 aromatic rings. The second kappa shape index (κ2) is 8.72. The maximum absolute atomic E-state index is 12.6. The summed E-state index contributed by atoms with van der Waals surface area (Å²) in [5.41, 5.74) is 1.55. The zero-order valence-electron chi connectivity index (χ0n) is 15.9. The van der Waals surface area contributed by atoms with Gasteiger partial charge in [0.2, 0.25) is 15.9 Å². The average molecular weight is 404 g/mol. The van der Waals surface area contributed by atoms with Gasteiger partial charge in [-0.3, -0.25) is 4.79 Å². The lowest BCUT2D eigenvalue weighted by Gasteiger charge is -2.33. The Morgan fingerprint density at radius 1 is 1.25 bits per heavy atom. The predicted molar refractivity (Wildman–Crippen MR) is 105 cm³/mol. The second-order valence-electron chi connectivity index (χ2n) is 6.57. The predicted octanol–water partition coefficient (Wildman–Crippen LogP) is 1.88. The fraction of sp³-hybridized carbons (Fsp3) is 0.350. The van der Waals surface area contributed by atoms with Gasteiger partial charge in [0, 0.05) is 6.54 Å². The molecule has 1 amide bonds. The number of methoxy groups -OCH3 is 1. The highest BCUT2D eigenvalue weighted by molar-refractivity contribution is 7.89. The van der Waals surface area contributed by atoms with Crippen molar-refractivity contribution in [3.05, 3.63) is 59.7 Å². The van der Waals surface area contributed by atoms with Gasteiger partial charge < -0.3 is 14.4 Å². The van der Waals surface area contributed by atoms with E-state index in [4.69, 9.17) is 9.47 Å². The molecule has 1 atom stereocenters. The summed E-state index contributed by atoms with van der Waals surface area (Å²) in [7, 11) is -2.28. The van der Waals surface area contributed by atoms with Crippen LogP contribution in [0.5, 0.6) is 5.75 Å². The van der Waals surface area contributed by atoms with E-state index in [0.29, 0.717) is 31.0 Å². The molecule has 0 aromatic heterocycles. The molecule has 0 unspecified atom stereocenters. The van der Waals surface area contributed by atoms with Crippen molar-refractivity contribution in [2.24, 2.45) is 0 Å². The summed E-state index contributed by atoms with van der Waals surface area (Å²) in [6, 6.07) is 14.4. The van der Waals surface area contributed by atoms with E-state index in [2.05, 4.69) is 4.72 Å². The van der Waals surface area contributed by atoms with Gasteiger partial charge in [0.1, 0.15) is 11.9 Å². The lowest BCUT2D eigenvalue weighted by Crippen LogP contribution is -2.46. The van der Waals surface area contributed by atoms with Crippen LogP contribution in [0.25, 0.3) is 0 Å². The molecule has 0 saturated carbocycles. The standard InChI is InChI=1S/C20H24N2O5S/c1-15-12-17(26-2)8-9-19(15)28(24,25)21-13-20(23)22-10-11-27-18(14-22)16-6-4-3-5-7-16/h3-9,12,18,21H,10-11,13-14H2,1-2H3/t18-/m1/s1. The van der Waals surface area contributed by atoms with Crippen molar-refractivity contribution in [3.63, 3.8) is 0 Å². The molecule has 1 fully saturated rings. The Morgan fingerprint density at radius 3 is 2.68 bits per heavy atom. The van der Waals surface area contributed by atoms with Crippen LogP contribution in [0.2, 0.25) is 0 Å². The first-order valence-corrected chi connectivity index (χ1v) is 10.5. The van der Waals surface area contributed by atoms with Crippen LogP contribution in [-0.4, -0.2) is 52.6 Å². The molecule has 1 heterocycles. The van der Waals surface area contributed by atoms with Crippen molar-refractivity contribution in [3.8, 4) is 5.75 Å². The average Bonchev–Trinajstić information content (AvgIpc) is 2.72. The molecular formula is C20H24N2O5S. The van der Waals surface area contributed by atoms with Gasteiger partial charge in [-0.05, 0) is 36.2 Å². The summed E-state index contributed by atoms with van der Waals surface area (Å²) in [5.74, 6) is 0.298. The smallest absolute Gasteiger partial charge is 0.241 e. The molecular weight excluding hydrogens is 380 g/mol. The van der Waals surface area contributed by atoms with E-state index in [1.807, 2.05) is 30.3 Å². The number of amides is 1. The highest BCUT2D eigenvalue weighted by Crippen LogP contribution is 2.23. The molecule has 1 aliphatic heterocycles. The molecule has 150 valence electrons. The molecule has 1 N–H and O–H groups in total. The highest BCUT2D eigenvalue weighted by atomic mass is 32.2. The molecule has 2 aromatic carbocycles. The van der Waals surface area contributed by atoms with Crippen LogP contribution in [0.4, 0.5) is 0 Å². The van der Waals surface area contributed by atoms with Crippen LogP contribution in [0, 0.1) is 6.92 Å². The Balaban J connectivity index is 1.63. The number of morpholine rings is 1. The molecule has 28 heavy (non-hydrogen) atoms. The van der Waals surface area contributed by atoms with Crippen LogP contribution in [-0.2, 0) is 19.6 Å². The first kappa shape index (κ1) is 20.3. The number of nitrogens with one attached hydrogen (secondary N) is 1. The molecule has 0 aliphatic carbocycles. The zero-order valence-corrected chi connectivity index (χ0v) is 16.7. The summed E-state index contributed by atoms with van der Waals surface area (Å²) in [6.07, 6.45) is -0.209. The molecule has 0 bridgehead atoms. The maximum atomic E-state index is 12.6. The topological polar surface area (TPSA) is 84.9 Å². The van der Waals surface area contributed by atoms with E-state index >= 15 is 0 Å². The number of nitrogens with zero attached hydrogens (tertiary/aromatic N) is 1. The lowest BCUT2D eigenvalue weighted by atomic mass is 10.1. The number of rotatable bonds is 6. The monoisotopic (exact) mass is 404 g/mol. The summed E-state index contributed by atoms with van der Waals surface area (Å²) in [5, 5.41) is 0. The Morgan fingerprint density at radius 2 is 2.00 bits per heavy atom. The van der Waals surface area contributed by atoms with Crippen LogP contribution < -0.4 is 9.46 Å². The first-order chi connectivity index (χ1) is 13.4. The normalized spacial score (nSPS) is 17.4. The van der Waals surface area contributed by atoms with Gasteiger partial charge in [-0.1, -0.05) is 30.3 Å². The van der Waals surface area contributed by atoms with Crippen LogP contribution in [0.3, 0.4) is 0 Å². The quantitative estimate of drug-likeness (QED) is 0.795. The molecule has 1 aliphatic rings. The Kier molecular flexibility index (Phi) is 6.33. The van der Waals surface area contributed by atoms with Crippen molar-refractivity contribution in [1.82, 2.24) is 9.62 Å². The molecule has 0 radical (unpaired) electrons. The number of carbonyl (C=O) groups excluding carboxylic acids is 1. The molecule has 1 saturated heterocycles. The third-order valence-electron chi connectivity index (χ3n) is 4.68. The van der Waals surface area contributed by atoms with E-state index in [1.165, 1.54) is 13.2 Å². The van der Waals surface area contributed by atoms with Crippen molar-refractivity contribution in [1.29, 1.82) is 0 Å². The molecule has 7 nitrogen and oxygen atoms in total. The van der Waals surface area contributed by atoms with Gasteiger partial charge in [-0.15, -0.1) is 0 Å². The Labute approximate surface area is 165 Å². The van der Waals surface area contributed by atoms with Crippen molar-refractivity contribution in [2.45, 2.75) is 17.9 Å². The van der Waals surface area contributed by atoms with Crippen LogP contribution in [0.15, 0.2) is 53.4 Å². The maximum Gasteiger partial charge on any atom is 0.241 e. The number of hydrogen-bond acceptors (Lipinski definition) is 5. The van der Waals surface area contributed by atoms with Gasteiger partial charge >= 0.3 is 0 Å². The third kappa shape index (κ3) is 4.70. The summed E-state index contributed by atoms with van der Waals surface area (Å²) in [6.45, 7) is 2.63. The van der Waals surface area contributed by atoms with E-state index in [1.54, 1.807) is 24.0 Å². The van der Waals surface area contributed by atoms with Crippen molar-refractivity contribution < 1.29 is 22.7 Å². The first-order valence-electron chi connectivity index (χ1n) is 8.99. The van der Waals surface area contributed by atoms with Gasteiger partial charge in [0.05, 0.1) is 31.7 Å². The lowest BCUT2D eigenvalue weighted by molar-refractivity contribution is -0.137. The van der Waals surface area contributed by atoms with Crippen LogP contribution >= 0.6 is 0 Å². The zero-order chi connectivity index (χ0) is 20.1. The minimum absolute atomic E-state index is 0.130. The van der Waals surface area contributed by atoms with Gasteiger partial charge in [-0.2, -0.15) is 0 Å². The summed E-state index contributed by atoms with van der Waals surface area (Å²) >= 11 is 0. The summed E-state index contributed by atoms with van der Waals surface area (Å²) in [4.78, 5) is 14.3. The Hall–Kier alpha value is -2.42. The number of carbonyl (C=O) groups is 1. The van der Waals surface area contributed by atoms with E-state index in [-0.39, 0.29) is 23.5 Å². The van der Waals surface area contributed by atoms with Gasteiger partial charge in [0.25, 0.3) is 0 Å². The van der Waals surface area contributed by atoms with Crippen molar-refractivity contribution in [2.75, 3.05) is 33.4 Å². The summed E-state index contributed by atoms with van der Waals surface area (Å²) < 4.78 is 38.4. The highest BCUT2D eigenvalue weighted by Gasteiger charge is 2.26.